The zero-order valence-corrected chi connectivity index (χ0v) is 17.8. The summed E-state index contributed by atoms with van der Waals surface area (Å²) in [6.07, 6.45) is 7.17. The van der Waals surface area contributed by atoms with Gasteiger partial charge in [-0.1, -0.05) is 6.07 Å². The molecule has 1 amide bonds. The van der Waals surface area contributed by atoms with E-state index in [1.807, 2.05) is 49.1 Å². The summed E-state index contributed by atoms with van der Waals surface area (Å²) in [6.45, 7) is 7.78. The summed E-state index contributed by atoms with van der Waals surface area (Å²) in [5.41, 5.74) is 4.01. The predicted molar refractivity (Wildman–Crippen MR) is 116 cm³/mol. The van der Waals surface area contributed by atoms with E-state index in [9.17, 15) is 4.79 Å². The quantitative estimate of drug-likeness (QED) is 0.463. The Kier molecular flexibility index (Phi) is 5.88. The van der Waals surface area contributed by atoms with Crippen molar-refractivity contribution >= 4 is 11.6 Å². The first-order chi connectivity index (χ1) is 15.0. The molecule has 1 N–H and O–H groups in total. The Labute approximate surface area is 180 Å². The number of hydrogen-bond acceptors (Lipinski definition) is 5. The molecule has 4 aromatic rings. The minimum atomic E-state index is -0.337. The number of nitrogens with zero attached hydrogens (tertiary/aromatic N) is 4. The van der Waals surface area contributed by atoms with Gasteiger partial charge in [-0.05, 0) is 56.2 Å². The molecule has 0 bridgehead atoms. The Morgan fingerprint density at radius 2 is 1.90 bits per heavy atom. The number of anilines is 1. The molecular formula is C23H25N5O3. The molecule has 0 unspecified atom stereocenters. The van der Waals surface area contributed by atoms with Gasteiger partial charge in [0.15, 0.2) is 5.76 Å². The van der Waals surface area contributed by atoms with Gasteiger partial charge in [-0.3, -0.25) is 14.2 Å². The summed E-state index contributed by atoms with van der Waals surface area (Å²) >= 11 is 0. The standard InChI is InChI=1S/C23H25N5O3/c1-4-27-12-18(10-24-27)13-28-14-19(11-25-28)26-23(29)22-8-7-21(31-22)15-30-20-6-5-16(2)17(3)9-20/h5-12,14H,4,13,15H2,1-3H3,(H,26,29). The normalized spacial score (nSPS) is 10.9. The maximum absolute atomic E-state index is 12.5. The number of aryl methyl sites for hydroxylation is 3. The van der Waals surface area contributed by atoms with Gasteiger partial charge < -0.3 is 14.5 Å². The Morgan fingerprint density at radius 1 is 1.06 bits per heavy atom. The van der Waals surface area contributed by atoms with Crippen LogP contribution in [0.25, 0.3) is 0 Å². The van der Waals surface area contributed by atoms with Crippen molar-refractivity contribution in [1.29, 1.82) is 0 Å². The summed E-state index contributed by atoms with van der Waals surface area (Å²) in [5.74, 6) is 1.22. The maximum Gasteiger partial charge on any atom is 0.291 e. The van der Waals surface area contributed by atoms with Crippen molar-refractivity contribution in [3.63, 3.8) is 0 Å². The van der Waals surface area contributed by atoms with E-state index in [4.69, 9.17) is 9.15 Å². The van der Waals surface area contributed by atoms with Crippen molar-refractivity contribution in [3.05, 3.63) is 83.3 Å². The van der Waals surface area contributed by atoms with E-state index >= 15 is 0 Å². The highest BCUT2D eigenvalue weighted by Crippen LogP contribution is 2.19. The number of aromatic nitrogens is 4. The van der Waals surface area contributed by atoms with Gasteiger partial charge in [0.2, 0.25) is 0 Å². The smallest absolute Gasteiger partial charge is 0.291 e. The third-order valence-electron chi connectivity index (χ3n) is 4.99. The highest BCUT2D eigenvalue weighted by atomic mass is 16.5. The number of carbonyl (C=O) groups is 1. The number of amides is 1. The molecule has 8 nitrogen and oxygen atoms in total. The molecule has 0 aliphatic carbocycles. The SMILES string of the molecule is CCn1cc(Cn2cc(NC(=O)c3ccc(COc4ccc(C)c(C)c4)o3)cn2)cn1. The number of nitrogens with one attached hydrogen (secondary N) is 1. The predicted octanol–water partition coefficient (Wildman–Crippen LogP) is 4.19. The molecule has 0 aliphatic rings. The monoisotopic (exact) mass is 419 g/mol. The van der Waals surface area contributed by atoms with Crippen LogP contribution in [-0.4, -0.2) is 25.5 Å². The lowest BCUT2D eigenvalue weighted by Crippen LogP contribution is -2.10. The zero-order valence-electron chi connectivity index (χ0n) is 17.8. The summed E-state index contributed by atoms with van der Waals surface area (Å²) in [6, 6.07) is 9.30. The van der Waals surface area contributed by atoms with Gasteiger partial charge >= 0.3 is 0 Å². The maximum atomic E-state index is 12.5. The van der Waals surface area contributed by atoms with Gasteiger partial charge in [0.25, 0.3) is 5.91 Å². The summed E-state index contributed by atoms with van der Waals surface area (Å²) < 4.78 is 15.0. The van der Waals surface area contributed by atoms with Gasteiger partial charge in [-0.25, -0.2) is 0 Å². The molecule has 0 radical (unpaired) electrons. The van der Waals surface area contributed by atoms with Crippen LogP contribution in [0, 0.1) is 13.8 Å². The minimum absolute atomic E-state index is 0.218. The first-order valence-electron chi connectivity index (χ1n) is 10.1. The number of furan rings is 1. The number of benzene rings is 1. The van der Waals surface area contributed by atoms with Crippen molar-refractivity contribution < 1.29 is 13.9 Å². The molecule has 4 rings (SSSR count). The largest absolute Gasteiger partial charge is 0.486 e. The topological polar surface area (TPSA) is 87.1 Å². The Morgan fingerprint density at radius 3 is 2.68 bits per heavy atom. The molecule has 0 saturated heterocycles. The van der Waals surface area contributed by atoms with Crippen LogP contribution in [0.5, 0.6) is 5.75 Å². The van der Waals surface area contributed by atoms with E-state index in [-0.39, 0.29) is 18.3 Å². The summed E-state index contributed by atoms with van der Waals surface area (Å²) in [7, 11) is 0. The van der Waals surface area contributed by atoms with Crippen LogP contribution in [0.15, 0.2) is 59.5 Å². The van der Waals surface area contributed by atoms with E-state index in [1.165, 1.54) is 5.56 Å². The van der Waals surface area contributed by atoms with Gasteiger partial charge in [-0.2, -0.15) is 10.2 Å². The molecule has 3 heterocycles. The van der Waals surface area contributed by atoms with E-state index < -0.39 is 0 Å². The van der Waals surface area contributed by atoms with Crippen LogP contribution >= 0.6 is 0 Å². The van der Waals surface area contributed by atoms with Gasteiger partial charge in [0.1, 0.15) is 18.1 Å². The molecule has 160 valence electrons. The molecule has 31 heavy (non-hydrogen) atoms. The van der Waals surface area contributed by atoms with Crippen LogP contribution in [-0.2, 0) is 19.7 Å². The highest BCUT2D eigenvalue weighted by molar-refractivity contribution is 6.02. The average molecular weight is 419 g/mol. The summed E-state index contributed by atoms with van der Waals surface area (Å²) in [5, 5.41) is 11.3. The molecule has 0 atom stereocenters. The second-order valence-corrected chi connectivity index (χ2v) is 7.39. The zero-order chi connectivity index (χ0) is 21.8. The third-order valence-corrected chi connectivity index (χ3v) is 4.99. The van der Waals surface area contributed by atoms with Crippen LogP contribution in [0.2, 0.25) is 0 Å². The first kappa shape index (κ1) is 20.5. The van der Waals surface area contributed by atoms with Crippen molar-refractivity contribution in [2.75, 3.05) is 5.32 Å². The lowest BCUT2D eigenvalue weighted by Gasteiger charge is -2.06. The molecular weight excluding hydrogens is 394 g/mol. The van der Waals surface area contributed by atoms with Crippen molar-refractivity contribution in [1.82, 2.24) is 19.6 Å². The number of ether oxygens (including phenoxy) is 1. The van der Waals surface area contributed by atoms with Crippen molar-refractivity contribution in [2.24, 2.45) is 0 Å². The van der Waals surface area contributed by atoms with E-state index in [1.54, 1.807) is 29.2 Å². The van der Waals surface area contributed by atoms with E-state index in [0.29, 0.717) is 18.0 Å². The fourth-order valence-corrected chi connectivity index (χ4v) is 3.09. The second-order valence-electron chi connectivity index (χ2n) is 7.39. The molecule has 0 fully saturated rings. The minimum Gasteiger partial charge on any atom is -0.486 e. The Balaban J connectivity index is 1.32. The molecule has 8 heteroatoms. The molecule has 0 saturated carbocycles. The summed E-state index contributed by atoms with van der Waals surface area (Å²) in [4.78, 5) is 12.5. The number of hydrogen-bond donors (Lipinski definition) is 1. The highest BCUT2D eigenvalue weighted by Gasteiger charge is 2.13. The van der Waals surface area contributed by atoms with Crippen LogP contribution < -0.4 is 10.1 Å². The van der Waals surface area contributed by atoms with Crippen molar-refractivity contribution in [2.45, 2.75) is 40.5 Å². The Hall–Kier alpha value is -3.81. The lowest BCUT2D eigenvalue weighted by atomic mass is 10.1. The number of rotatable bonds is 8. The third kappa shape index (κ3) is 5.03. The fourth-order valence-electron chi connectivity index (χ4n) is 3.09. The van der Waals surface area contributed by atoms with Crippen LogP contribution in [0.4, 0.5) is 5.69 Å². The van der Waals surface area contributed by atoms with Gasteiger partial charge in [-0.15, -0.1) is 0 Å². The van der Waals surface area contributed by atoms with Gasteiger partial charge in [0, 0.05) is 24.5 Å². The second kappa shape index (κ2) is 8.91. The molecule has 3 aromatic heterocycles. The molecule has 0 spiro atoms. The average Bonchev–Trinajstić information content (AvgIpc) is 3.50. The molecule has 1 aromatic carbocycles. The lowest BCUT2D eigenvalue weighted by molar-refractivity contribution is 0.0992. The van der Waals surface area contributed by atoms with Crippen LogP contribution in [0.1, 0.15) is 39.9 Å². The van der Waals surface area contributed by atoms with E-state index in [0.717, 1.165) is 23.4 Å². The van der Waals surface area contributed by atoms with Crippen molar-refractivity contribution in [3.8, 4) is 5.75 Å². The first-order valence-corrected chi connectivity index (χ1v) is 10.1. The van der Waals surface area contributed by atoms with E-state index in [2.05, 4.69) is 22.4 Å². The number of carbonyl (C=O) groups excluding carboxylic acids is 1. The fraction of sp³-hybridized carbons (Fsp3) is 0.261. The Bertz CT molecular complexity index is 1190. The van der Waals surface area contributed by atoms with Crippen LogP contribution in [0.3, 0.4) is 0 Å². The van der Waals surface area contributed by atoms with Gasteiger partial charge in [0.05, 0.1) is 24.6 Å². The molecule has 0 aliphatic heterocycles.